The second kappa shape index (κ2) is 16.8. The maximum Gasteiger partial charge on any atom is 0.307 e. The van der Waals surface area contributed by atoms with Gasteiger partial charge in [-0.2, -0.15) is 0 Å². The molecule has 0 amide bonds. The summed E-state index contributed by atoms with van der Waals surface area (Å²) >= 11 is 0. The number of esters is 1. The molecule has 35 heavy (non-hydrogen) atoms. The van der Waals surface area contributed by atoms with E-state index in [1.54, 1.807) is 0 Å². The molecule has 1 heterocycles. The molecular weight excluding hydrogens is 442 g/mol. The smallest absolute Gasteiger partial charge is 0.307 e. The van der Waals surface area contributed by atoms with E-state index >= 15 is 0 Å². The molecule has 1 unspecified atom stereocenters. The van der Waals surface area contributed by atoms with Crippen LogP contribution in [0.2, 0.25) is 0 Å². The Morgan fingerprint density at radius 3 is 1.80 bits per heavy atom. The van der Waals surface area contributed by atoms with E-state index in [-0.39, 0.29) is 12.4 Å². The fraction of sp³-hybridized carbons (Fsp3) is 0.793. The summed E-state index contributed by atoms with van der Waals surface area (Å²) in [4.78, 5) is 23.1. The third-order valence-corrected chi connectivity index (χ3v) is 6.61. The number of rotatable bonds is 20. The van der Waals surface area contributed by atoms with E-state index in [1.165, 1.54) is 67.6 Å². The minimum absolute atomic E-state index is 0.136. The van der Waals surface area contributed by atoms with Gasteiger partial charge in [-0.3, -0.25) is 9.59 Å². The molecule has 0 aromatic carbocycles. The van der Waals surface area contributed by atoms with Crippen LogP contribution in [0.25, 0.3) is 0 Å². The molecule has 0 radical (unpaired) electrons. The summed E-state index contributed by atoms with van der Waals surface area (Å²) in [7, 11) is 5.90. The molecule has 0 aliphatic rings. The normalized spacial score (nSPS) is 12.6. The highest BCUT2D eigenvalue weighted by Gasteiger charge is 2.24. The van der Waals surface area contributed by atoms with E-state index in [2.05, 4.69) is 20.8 Å². The molecule has 0 bridgehead atoms. The monoisotopic (exact) mass is 494 g/mol. The number of nitrogens with zero attached hydrogens (tertiary/aromatic N) is 1. The summed E-state index contributed by atoms with van der Waals surface area (Å²) in [5.74, 6) is 1.17. The van der Waals surface area contributed by atoms with E-state index in [0.717, 1.165) is 38.5 Å². The highest BCUT2D eigenvalue weighted by Crippen LogP contribution is 2.24. The predicted octanol–water partition coefficient (Wildman–Crippen LogP) is 6.78. The molecule has 1 atom stereocenters. The van der Waals surface area contributed by atoms with Crippen molar-refractivity contribution < 1.29 is 28.3 Å². The summed E-state index contributed by atoms with van der Waals surface area (Å²) in [6.45, 7) is 7.08. The average molecular weight is 495 g/mol. The second-order valence-corrected chi connectivity index (χ2v) is 11.2. The molecule has 6 heteroatoms. The molecule has 1 N–H and O–H groups in total. The Bertz CT molecular complexity index is 747. The molecule has 6 nitrogen and oxygen atoms in total. The van der Waals surface area contributed by atoms with E-state index < -0.39 is 12.1 Å². The lowest BCUT2D eigenvalue weighted by molar-refractivity contribution is -0.873. The zero-order valence-corrected chi connectivity index (χ0v) is 23.4. The highest BCUT2D eigenvalue weighted by atomic mass is 16.5. The number of furan rings is 1. The number of carboxylic acid groups (broad SMARTS) is 1. The third kappa shape index (κ3) is 14.4. The first-order valence-electron chi connectivity index (χ1n) is 13.8. The Balaban J connectivity index is 2.04. The fourth-order valence-electron chi connectivity index (χ4n) is 4.59. The van der Waals surface area contributed by atoms with Crippen LogP contribution >= 0.6 is 0 Å². The van der Waals surface area contributed by atoms with Gasteiger partial charge in [0.1, 0.15) is 18.1 Å². The standard InChI is InChI=1S/C29H51NO5/c1-7-18-26-23(2)24(3)27(35-26)19-16-14-12-10-8-9-11-13-15-17-20-29(33)34-25(21-28(31)32)22-30(4,5)6/h25H,7-22H2,1-6H3/p+1. The van der Waals surface area contributed by atoms with Crippen molar-refractivity contribution in [3.05, 3.63) is 22.6 Å². The van der Waals surface area contributed by atoms with Gasteiger partial charge >= 0.3 is 11.9 Å². The van der Waals surface area contributed by atoms with Gasteiger partial charge in [0.2, 0.25) is 0 Å². The zero-order chi connectivity index (χ0) is 26.3. The van der Waals surface area contributed by atoms with Gasteiger partial charge in [-0.25, -0.2) is 0 Å². The van der Waals surface area contributed by atoms with Gasteiger partial charge in [0.15, 0.2) is 6.10 Å². The molecule has 1 rings (SSSR count). The summed E-state index contributed by atoms with van der Waals surface area (Å²) in [6, 6.07) is 0. The number of aryl methyl sites for hydroxylation is 2. The fourth-order valence-corrected chi connectivity index (χ4v) is 4.59. The predicted molar refractivity (Wildman–Crippen MR) is 142 cm³/mol. The minimum Gasteiger partial charge on any atom is -0.481 e. The van der Waals surface area contributed by atoms with Crippen molar-refractivity contribution in [3.8, 4) is 0 Å². The second-order valence-electron chi connectivity index (χ2n) is 11.2. The average Bonchev–Trinajstić information content (AvgIpc) is 3.01. The van der Waals surface area contributed by atoms with Crippen molar-refractivity contribution >= 4 is 11.9 Å². The number of unbranched alkanes of at least 4 members (excludes halogenated alkanes) is 9. The van der Waals surface area contributed by atoms with Gasteiger partial charge in [-0.05, 0) is 44.2 Å². The highest BCUT2D eigenvalue weighted by molar-refractivity contribution is 5.71. The molecule has 0 saturated heterocycles. The summed E-state index contributed by atoms with van der Waals surface area (Å²) in [5, 5.41) is 9.05. The topological polar surface area (TPSA) is 76.7 Å². The van der Waals surface area contributed by atoms with Gasteiger partial charge in [0, 0.05) is 19.3 Å². The van der Waals surface area contributed by atoms with Crippen LogP contribution in [0.5, 0.6) is 0 Å². The number of carbonyl (C=O) groups excluding carboxylic acids is 1. The quantitative estimate of drug-likeness (QED) is 0.123. The van der Waals surface area contributed by atoms with Gasteiger partial charge in [-0.1, -0.05) is 58.3 Å². The van der Waals surface area contributed by atoms with Crippen LogP contribution in [-0.2, 0) is 27.2 Å². The number of likely N-dealkylation sites (N-methyl/N-ethyl adjacent to an activating group) is 1. The Morgan fingerprint density at radius 2 is 1.31 bits per heavy atom. The van der Waals surface area contributed by atoms with Gasteiger partial charge in [-0.15, -0.1) is 0 Å². The van der Waals surface area contributed by atoms with E-state index in [0.29, 0.717) is 17.4 Å². The number of hydrogen-bond acceptors (Lipinski definition) is 4. The van der Waals surface area contributed by atoms with Crippen LogP contribution in [0.15, 0.2) is 4.42 Å². The molecular formula is C29H52NO5+. The molecule has 1 aromatic heterocycles. The number of carbonyl (C=O) groups is 2. The Kier molecular flexibility index (Phi) is 15.0. The Labute approximate surface area is 214 Å². The zero-order valence-electron chi connectivity index (χ0n) is 23.4. The molecule has 0 aliphatic carbocycles. The number of hydrogen-bond donors (Lipinski definition) is 1. The van der Waals surface area contributed by atoms with Crippen molar-refractivity contribution in [1.29, 1.82) is 0 Å². The van der Waals surface area contributed by atoms with Crippen molar-refractivity contribution in [2.75, 3.05) is 27.7 Å². The van der Waals surface area contributed by atoms with Crippen molar-refractivity contribution in [2.45, 2.75) is 123 Å². The SMILES string of the molecule is CCCc1oc(CCCCCCCCCCCCC(=O)OC(CC(=O)O)C[N+](C)(C)C)c(C)c1C. The van der Waals surface area contributed by atoms with Crippen LogP contribution in [-0.4, -0.2) is 55.3 Å². The lowest BCUT2D eigenvalue weighted by Crippen LogP contribution is -2.43. The van der Waals surface area contributed by atoms with Gasteiger partial charge in [0.25, 0.3) is 0 Å². The van der Waals surface area contributed by atoms with E-state index in [4.69, 9.17) is 14.3 Å². The first kappa shape index (κ1) is 31.2. The van der Waals surface area contributed by atoms with E-state index in [9.17, 15) is 9.59 Å². The largest absolute Gasteiger partial charge is 0.481 e. The molecule has 1 aromatic rings. The van der Waals surface area contributed by atoms with Crippen LogP contribution in [0.1, 0.15) is 113 Å². The summed E-state index contributed by atoms with van der Waals surface area (Å²) < 4.78 is 12.1. The molecule has 0 spiro atoms. The lowest BCUT2D eigenvalue weighted by atomic mass is 10.0. The van der Waals surface area contributed by atoms with Crippen molar-refractivity contribution in [2.24, 2.45) is 0 Å². The Morgan fingerprint density at radius 1 is 0.829 bits per heavy atom. The molecule has 0 aliphatic heterocycles. The van der Waals surface area contributed by atoms with Crippen molar-refractivity contribution in [3.63, 3.8) is 0 Å². The summed E-state index contributed by atoms with van der Waals surface area (Å²) in [5.41, 5.74) is 2.70. The van der Waals surface area contributed by atoms with Crippen LogP contribution in [0.3, 0.4) is 0 Å². The maximum atomic E-state index is 12.1. The molecule has 0 saturated carbocycles. The van der Waals surface area contributed by atoms with Gasteiger partial charge in [0.05, 0.1) is 27.6 Å². The number of ether oxygens (including phenoxy) is 1. The number of aliphatic carboxylic acids is 1. The number of quaternary nitrogens is 1. The first-order valence-corrected chi connectivity index (χ1v) is 13.8. The maximum absolute atomic E-state index is 12.1. The minimum atomic E-state index is -0.931. The van der Waals surface area contributed by atoms with Crippen LogP contribution < -0.4 is 0 Å². The third-order valence-electron chi connectivity index (χ3n) is 6.61. The lowest BCUT2D eigenvalue weighted by Gasteiger charge is -2.28. The number of carboxylic acids is 1. The van der Waals surface area contributed by atoms with E-state index in [1.807, 2.05) is 21.1 Å². The Hall–Kier alpha value is -1.82. The van der Waals surface area contributed by atoms with Gasteiger partial charge < -0.3 is 18.7 Å². The van der Waals surface area contributed by atoms with Crippen LogP contribution in [0, 0.1) is 13.8 Å². The van der Waals surface area contributed by atoms with Crippen molar-refractivity contribution in [1.82, 2.24) is 0 Å². The molecule has 202 valence electrons. The summed E-state index contributed by atoms with van der Waals surface area (Å²) in [6.07, 6.45) is 14.7. The van der Waals surface area contributed by atoms with Crippen LogP contribution in [0.4, 0.5) is 0 Å². The molecule has 0 fully saturated rings. The first-order chi connectivity index (χ1) is 16.5.